The summed E-state index contributed by atoms with van der Waals surface area (Å²) in [5, 5.41) is 15.9. The maximum Gasteiger partial charge on any atom is 0.320 e. The van der Waals surface area contributed by atoms with Gasteiger partial charge in [-0.3, -0.25) is 9.59 Å². The Morgan fingerprint density at radius 3 is 2.18 bits per heavy atom. The minimum atomic E-state index is -1.10. The van der Waals surface area contributed by atoms with Gasteiger partial charge in [0.05, 0.1) is 0 Å². The van der Waals surface area contributed by atoms with Crippen LogP contribution in [-0.2, 0) is 9.59 Å². The van der Waals surface area contributed by atoms with E-state index in [2.05, 4.69) is 16.0 Å². The number of urea groups is 1. The first-order valence-electron chi connectivity index (χ1n) is 5.18. The summed E-state index contributed by atoms with van der Waals surface area (Å²) in [6.07, 6.45) is 0.161. The maximum absolute atomic E-state index is 11.1. The van der Waals surface area contributed by atoms with Gasteiger partial charge >= 0.3 is 12.0 Å². The van der Waals surface area contributed by atoms with Crippen LogP contribution in [0.2, 0.25) is 0 Å². The summed E-state index contributed by atoms with van der Waals surface area (Å²) < 4.78 is 0. The summed E-state index contributed by atoms with van der Waals surface area (Å²) in [5.74, 6) is -1.27. The van der Waals surface area contributed by atoms with E-state index < -0.39 is 18.0 Å². The summed E-state index contributed by atoms with van der Waals surface area (Å²) in [5.41, 5.74) is 5.24. The standard InChI is InChI=1S/C9H18N4O4/c1-6(14)11-4-5-13-9(17)12-3-2-7(10)8(15)16/h7H,2-5,10H2,1H3,(H,11,14)(H,15,16)(H2,12,13,17)/t7-/m0/s1. The number of carbonyl (C=O) groups excluding carboxylic acids is 2. The molecule has 0 aliphatic rings. The molecule has 0 saturated heterocycles. The van der Waals surface area contributed by atoms with Crippen LogP contribution in [0, 0.1) is 0 Å². The number of carbonyl (C=O) groups is 3. The lowest BCUT2D eigenvalue weighted by Gasteiger charge is -2.09. The lowest BCUT2D eigenvalue weighted by molar-refractivity contribution is -0.138. The lowest BCUT2D eigenvalue weighted by atomic mass is 10.2. The minimum Gasteiger partial charge on any atom is -0.480 e. The molecule has 0 heterocycles. The van der Waals surface area contributed by atoms with Gasteiger partial charge in [-0.25, -0.2) is 4.79 Å². The Bertz CT molecular complexity index is 282. The molecule has 0 unspecified atom stereocenters. The van der Waals surface area contributed by atoms with Crippen molar-refractivity contribution in [1.82, 2.24) is 16.0 Å². The Kier molecular flexibility index (Phi) is 7.44. The summed E-state index contributed by atoms with van der Waals surface area (Å²) in [7, 11) is 0. The van der Waals surface area contributed by atoms with Gasteiger partial charge in [-0.1, -0.05) is 0 Å². The second-order valence-corrected chi connectivity index (χ2v) is 3.40. The second kappa shape index (κ2) is 8.34. The molecule has 0 aromatic heterocycles. The molecule has 98 valence electrons. The van der Waals surface area contributed by atoms with Crippen molar-refractivity contribution in [1.29, 1.82) is 0 Å². The molecule has 6 N–H and O–H groups in total. The van der Waals surface area contributed by atoms with E-state index in [0.717, 1.165) is 0 Å². The van der Waals surface area contributed by atoms with Crippen molar-refractivity contribution >= 4 is 17.9 Å². The molecule has 0 aliphatic carbocycles. The third-order valence-corrected chi connectivity index (χ3v) is 1.84. The minimum absolute atomic E-state index is 0.161. The molecule has 0 radical (unpaired) electrons. The van der Waals surface area contributed by atoms with E-state index in [1.165, 1.54) is 6.92 Å². The Labute approximate surface area is 98.9 Å². The van der Waals surface area contributed by atoms with Crippen LogP contribution in [0.15, 0.2) is 0 Å². The number of aliphatic carboxylic acids is 1. The van der Waals surface area contributed by atoms with E-state index in [1.54, 1.807) is 0 Å². The summed E-state index contributed by atoms with van der Waals surface area (Å²) in [6.45, 7) is 2.21. The van der Waals surface area contributed by atoms with Crippen LogP contribution in [0.4, 0.5) is 4.79 Å². The molecule has 8 heteroatoms. The molecule has 0 aromatic carbocycles. The van der Waals surface area contributed by atoms with Gasteiger partial charge in [-0.05, 0) is 6.42 Å². The van der Waals surface area contributed by atoms with Crippen LogP contribution in [0.5, 0.6) is 0 Å². The summed E-state index contributed by atoms with van der Waals surface area (Å²) in [6, 6.07) is -1.40. The van der Waals surface area contributed by atoms with E-state index in [-0.39, 0.29) is 18.9 Å². The molecule has 1 atom stereocenters. The van der Waals surface area contributed by atoms with Crippen molar-refractivity contribution < 1.29 is 19.5 Å². The predicted molar refractivity (Wildman–Crippen MR) is 60.3 cm³/mol. The third-order valence-electron chi connectivity index (χ3n) is 1.84. The molecular formula is C9H18N4O4. The maximum atomic E-state index is 11.1. The van der Waals surface area contributed by atoms with Crippen molar-refractivity contribution in [3.05, 3.63) is 0 Å². The molecule has 0 fully saturated rings. The predicted octanol–water partition coefficient (Wildman–Crippen LogP) is -1.78. The van der Waals surface area contributed by atoms with Crippen LogP contribution in [0.3, 0.4) is 0 Å². The van der Waals surface area contributed by atoms with Crippen LogP contribution in [0.1, 0.15) is 13.3 Å². The first kappa shape index (κ1) is 15.2. The zero-order valence-electron chi connectivity index (χ0n) is 9.66. The fraction of sp³-hybridized carbons (Fsp3) is 0.667. The number of hydrogen-bond donors (Lipinski definition) is 5. The SMILES string of the molecule is CC(=O)NCCNC(=O)NCC[C@H](N)C(=O)O. The van der Waals surface area contributed by atoms with Crippen LogP contribution >= 0.6 is 0 Å². The summed E-state index contributed by atoms with van der Waals surface area (Å²) >= 11 is 0. The molecule has 0 bridgehead atoms. The van der Waals surface area contributed by atoms with E-state index in [9.17, 15) is 14.4 Å². The van der Waals surface area contributed by atoms with Crippen LogP contribution in [0.25, 0.3) is 0 Å². The highest BCUT2D eigenvalue weighted by atomic mass is 16.4. The highest BCUT2D eigenvalue weighted by molar-refractivity contribution is 5.75. The fourth-order valence-corrected chi connectivity index (χ4v) is 0.942. The topological polar surface area (TPSA) is 134 Å². The molecule has 0 aromatic rings. The first-order valence-corrected chi connectivity index (χ1v) is 5.18. The number of amides is 3. The molecule has 3 amide bonds. The Morgan fingerprint density at radius 2 is 1.65 bits per heavy atom. The molecular weight excluding hydrogens is 228 g/mol. The van der Waals surface area contributed by atoms with Crippen molar-refractivity contribution in [3.63, 3.8) is 0 Å². The zero-order chi connectivity index (χ0) is 13.3. The van der Waals surface area contributed by atoms with Crippen LogP contribution < -0.4 is 21.7 Å². The third kappa shape index (κ3) is 9.12. The number of hydrogen-bond acceptors (Lipinski definition) is 4. The van der Waals surface area contributed by atoms with E-state index in [4.69, 9.17) is 10.8 Å². The number of rotatable bonds is 7. The number of nitrogens with one attached hydrogen (secondary N) is 3. The van der Waals surface area contributed by atoms with E-state index in [0.29, 0.717) is 13.1 Å². The van der Waals surface area contributed by atoms with Gasteiger partial charge in [0.1, 0.15) is 6.04 Å². The van der Waals surface area contributed by atoms with Gasteiger partial charge in [-0.15, -0.1) is 0 Å². The van der Waals surface area contributed by atoms with Crippen molar-refractivity contribution in [2.24, 2.45) is 5.73 Å². The normalized spacial score (nSPS) is 11.4. The first-order chi connectivity index (χ1) is 7.93. The monoisotopic (exact) mass is 246 g/mol. The Balaban J connectivity index is 3.47. The number of carboxylic acids is 1. The van der Waals surface area contributed by atoms with E-state index in [1.807, 2.05) is 0 Å². The average molecular weight is 246 g/mol. The van der Waals surface area contributed by atoms with Crippen LogP contribution in [-0.4, -0.2) is 48.7 Å². The molecule has 0 spiro atoms. The molecule has 0 rings (SSSR count). The van der Waals surface area contributed by atoms with Gasteiger partial charge in [0.25, 0.3) is 0 Å². The average Bonchev–Trinajstić information content (AvgIpc) is 2.23. The Morgan fingerprint density at radius 1 is 1.12 bits per heavy atom. The number of nitrogens with two attached hydrogens (primary N) is 1. The fourth-order valence-electron chi connectivity index (χ4n) is 0.942. The molecule has 0 saturated carbocycles. The van der Waals surface area contributed by atoms with Gasteiger partial charge in [0.2, 0.25) is 5.91 Å². The van der Waals surface area contributed by atoms with E-state index >= 15 is 0 Å². The quantitative estimate of drug-likeness (QED) is 0.339. The van der Waals surface area contributed by atoms with Crippen molar-refractivity contribution in [2.75, 3.05) is 19.6 Å². The zero-order valence-corrected chi connectivity index (χ0v) is 9.66. The highest BCUT2D eigenvalue weighted by Gasteiger charge is 2.10. The van der Waals surface area contributed by atoms with Gasteiger partial charge in [-0.2, -0.15) is 0 Å². The second-order valence-electron chi connectivity index (χ2n) is 3.40. The molecule has 0 aliphatic heterocycles. The smallest absolute Gasteiger partial charge is 0.320 e. The largest absolute Gasteiger partial charge is 0.480 e. The van der Waals surface area contributed by atoms with Crippen molar-refractivity contribution in [2.45, 2.75) is 19.4 Å². The van der Waals surface area contributed by atoms with Crippen molar-refractivity contribution in [3.8, 4) is 0 Å². The molecule has 8 nitrogen and oxygen atoms in total. The van der Waals surface area contributed by atoms with Gasteiger partial charge < -0.3 is 26.8 Å². The lowest BCUT2D eigenvalue weighted by Crippen LogP contribution is -2.42. The highest BCUT2D eigenvalue weighted by Crippen LogP contribution is 1.85. The summed E-state index contributed by atoms with van der Waals surface area (Å²) in [4.78, 5) is 32.0. The Hall–Kier alpha value is -1.83. The number of carboxylic acid groups (broad SMARTS) is 1. The van der Waals surface area contributed by atoms with Gasteiger partial charge in [0.15, 0.2) is 0 Å². The molecule has 17 heavy (non-hydrogen) atoms. The van der Waals surface area contributed by atoms with Gasteiger partial charge in [0, 0.05) is 26.6 Å².